The van der Waals surface area contributed by atoms with Crippen molar-refractivity contribution in [3.63, 3.8) is 0 Å². The van der Waals surface area contributed by atoms with E-state index >= 15 is 0 Å². The largest absolute Gasteiger partial charge is 0.490 e. The molecule has 0 aliphatic carbocycles. The van der Waals surface area contributed by atoms with E-state index in [-0.39, 0.29) is 12.0 Å². The van der Waals surface area contributed by atoms with Crippen molar-refractivity contribution in [1.82, 2.24) is 15.3 Å². The predicted octanol–water partition coefficient (Wildman–Crippen LogP) is 3.75. The second-order valence-corrected chi connectivity index (χ2v) is 10.2. The maximum Gasteiger partial charge on any atom is 0.322 e. The standard InChI is InChI=1S/C30H38N4O5/c1-20-15-21(2)33-30(32-20)39-24-8-6-23(7-9-24)29-26(35)17-31-18-28(29)38-19-22-5-10-27-25(16-22)34(12-14-37-27)11-4-13-36-3/h5-10,15-16,26,28-29,31,35H,4,11-14,17-19H2,1-3H3. The molecule has 2 aliphatic rings. The van der Waals surface area contributed by atoms with Crippen molar-refractivity contribution in [3.05, 3.63) is 71.0 Å². The minimum Gasteiger partial charge on any atom is -0.490 e. The lowest BCUT2D eigenvalue weighted by atomic mass is 9.85. The third-order valence-corrected chi connectivity index (χ3v) is 7.17. The number of β-amino-alcohol motifs (C(OH)–C–C–N with tert-alkyl or cyclic N) is 1. The summed E-state index contributed by atoms with van der Waals surface area (Å²) in [6, 6.07) is 16.2. The lowest BCUT2D eigenvalue weighted by molar-refractivity contribution is -0.0328. The van der Waals surface area contributed by atoms with Crippen LogP contribution in [-0.4, -0.2) is 73.8 Å². The van der Waals surface area contributed by atoms with Crippen molar-refractivity contribution >= 4 is 5.69 Å². The molecular formula is C30H38N4O5. The number of methoxy groups -OCH3 is 1. The van der Waals surface area contributed by atoms with Crippen LogP contribution in [0.15, 0.2) is 48.5 Å². The highest BCUT2D eigenvalue weighted by atomic mass is 16.5. The minimum absolute atomic E-state index is 0.163. The molecule has 0 amide bonds. The van der Waals surface area contributed by atoms with E-state index in [9.17, 15) is 5.11 Å². The lowest BCUT2D eigenvalue weighted by Crippen LogP contribution is -2.49. The molecule has 0 spiro atoms. The van der Waals surface area contributed by atoms with Crippen LogP contribution in [0.3, 0.4) is 0 Å². The van der Waals surface area contributed by atoms with Gasteiger partial charge < -0.3 is 34.3 Å². The second kappa shape index (κ2) is 12.7. The highest BCUT2D eigenvalue weighted by Gasteiger charge is 2.34. The number of piperidine rings is 1. The van der Waals surface area contributed by atoms with Gasteiger partial charge in [0.1, 0.15) is 18.1 Å². The fourth-order valence-corrected chi connectivity index (χ4v) is 5.32. The number of aryl methyl sites for hydroxylation is 2. The number of aliphatic hydroxyl groups is 1. The van der Waals surface area contributed by atoms with Crippen molar-refractivity contribution in [2.75, 3.05) is 51.4 Å². The smallest absolute Gasteiger partial charge is 0.322 e. The average Bonchev–Trinajstić information content (AvgIpc) is 2.92. The van der Waals surface area contributed by atoms with E-state index < -0.39 is 6.10 Å². The van der Waals surface area contributed by atoms with Gasteiger partial charge in [-0.15, -0.1) is 0 Å². The molecule has 2 N–H and O–H groups in total. The maximum absolute atomic E-state index is 10.9. The average molecular weight is 535 g/mol. The molecule has 208 valence electrons. The number of nitrogens with one attached hydrogen (secondary N) is 1. The normalized spacial score (nSPS) is 20.8. The Kier molecular flexibility index (Phi) is 8.93. The molecule has 5 rings (SSSR count). The summed E-state index contributed by atoms with van der Waals surface area (Å²) in [5, 5.41) is 14.2. The van der Waals surface area contributed by atoms with Crippen LogP contribution in [0.5, 0.6) is 17.5 Å². The van der Waals surface area contributed by atoms with Crippen LogP contribution in [0.4, 0.5) is 5.69 Å². The van der Waals surface area contributed by atoms with Gasteiger partial charge in [0, 0.05) is 50.7 Å². The Hall–Kier alpha value is -3.24. The molecule has 0 saturated carbocycles. The van der Waals surface area contributed by atoms with Gasteiger partial charge >= 0.3 is 6.01 Å². The summed E-state index contributed by atoms with van der Waals surface area (Å²) in [7, 11) is 1.73. The second-order valence-electron chi connectivity index (χ2n) is 10.2. The van der Waals surface area contributed by atoms with Gasteiger partial charge in [0.2, 0.25) is 0 Å². The Balaban J connectivity index is 1.26. The SMILES string of the molecule is COCCCN1CCOc2ccc(COC3CNCC(O)C3c3ccc(Oc4nc(C)cc(C)n4)cc3)cc21. The Bertz CT molecular complexity index is 1220. The summed E-state index contributed by atoms with van der Waals surface area (Å²) in [4.78, 5) is 11.1. The van der Waals surface area contributed by atoms with Gasteiger partial charge in [0.05, 0.1) is 31.0 Å². The molecule has 3 unspecified atom stereocenters. The number of nitrogens with zero attached hydrogens (tertiary/aromatic N) is 3. The van der Waals surface area contributed by atoms with E-state index in [1.54, 1.807) is 7.11 Å². The van der Waals surface area contributed by atoms with Crippen molar-refractivity contribution in [3.8, 4) is 17.5 Å². The third-order valence-electron chi connectivity index (χ3n) is 7.17. The summed E-state index contributed by atoms with van der Waals surface area (Å²) in [5.41, 5.74) is 4.90. The first-order valence-corrected chi connectivity index (χ1v) is 13.6. The minimum atomic E-state index is -0.563. The first kappa shape index (κ1) is 27.3. The molecule has 1 fully saturated rings. The highest BCUT2D eigenvalue weighted by molar-refractivity contribution is 5.61. The lowest BCUT2D eigenvalue weighted by Gasteiger charge is -2.36. The summed E-state index contributed by atoms with van der Waals surface area (Å²) >= 11 is 0. The van der Waals surface area contributed by atoms with Crippen LogP contribution in [0.25, 0.3) is 0 Å². The molecule has 3 aromatic rings. The number of fused-ring (bicyclic) bond motifs is 1. The molecule has 2 aromatic carbocycles. The number of anilines is 1. The Morgan fingerprint density at radius 3 is 2.62 bits per heavy atom. The molecule has 1 saturated heterocycles. The zero-order chi connectivity index (χ0) is 27.2. The molecule has 3 heterocycles. The van der Waals surface area contributed by atoms with Gasteiger partial charge in [-0.3, -0.25) is 0 Å². The van der Waals surface area contributed by atoms with Crippen LogP contribution >= 0.6 is 0 Å². The molecule has 0 bridgehead atoms. The van der Waals surface area contributed by atoms with E-state index in [0.717, 1.165) is 60.1 Å². The number of benzene rings is 2. The number of aromatic nitrogens is 2. The van der Waals surface area contributed by atoms with Crippen LogP contribution in [0.1, 0.15) is 34.9 Å². The van der Waals surface area contributed by atoms with Gasteiger partial charge in [0.25, 0.3) is 0 Å². The molecule has 0 radical (unpaired) electrons. The summed E-state index contributed by atoms with van der Waals surface area (Å²) in [6.45, 7) is 8.66. The Labute approximate surface area is 230 Å². The number of rotatable bonds is 10. The maximum atomic E-state index is 10.9. The summed E-state index contributed by atoms with van der Waals surface area (Å²) in [6.07, 6.45) is 0.214. The van der Waals surface area contributed by atoms with Crippen molar-refractivity contribution in [1.29, 1.82) is 0 Å². The molecule has 39 heavy (non-hydrogen) atoms. The molecule has 3 atom stereocenters. The van der Waals surface area contributed by atoms with Crippen molar-refractivity contribution < 1.29 is 24.1 Å². The van der Waals surface area contributed by atoms with Crippen LogP contribution in [0.2, 0.25) is 0 Å². The van der Waals surface area contributed by atoms with Gasteiger partial charge in [0.15, 0.2) is 0 Å². The van der Waals surface area contributed by atoms with Crippen molar-refractivity contribution in [2.24, 2.45) is 0 Å². The molecule has 2 aliphatic heterocycles. The summed E-state index contributed by atoms with van der Waals surface area (Å²) < 4.78 is 23.4. The fraction of sp³-hybridized carbons (Fsp3) is 0.467. The topological polar surface area (TPSA) is 98.2 Å². The van der Waals surface area contributed by atoms with Crippen LogP contribution < -0.4 is 19.7 Å². The van der Waals surface area contributed by atoms with Crippen molar-refractivity contribution in [2.45, 2.75) is 45.0 Å². The quantitative estimate of drug-likeness (QED) is 0.377. The Morgan fingerprint density at radius 2 is 1.85 bits per heavy atom. The van der Waals surface area contributed by atoms with E-state index in [4.69, 9.17) is 18.9 Å². The number of hydrogen-bond donors (Lipinski definition) is 2. The third kappa shape index (κ3) is 6.86. The molecule has 9 nitrogen and oxygen atoms in total. The predicted molar refractivity (Wildman–Crippen MR) is 149 cm³/mol. The van der Waals surface area contributed by atoms with Crippen LogP contribution in [0, 0.1) is 13.8 Å². The summed E-state index contributed by atoms with van der Waals surface area (Å²) in [5.74, 6) is 1.39. The number of hydrogen-bond acceptors (Lipinski definition) is 9. The molecule has 1 aromatic heterocycles. The highest BCUT2D eigenvalue weighted by Crippen LogP contribution is 2.34. The van der Waals surface area contributed by atoms with Gasteiger partial charge in [-0.2, -0.15) is 0 Å². The number of aliphatic hydroxyl groups excluding tert-OH is 1. The van der Waals surface area contributed by atoms with Gasteiger partial charge in [-0.05, 0) is 61.7 Å². The zero-order valence-electron chi connectivity index (χ0n) is 22.9. The first-order valence-electron chi connectivity index (χ1n) is 13.6. The van der Waals surface area contributed by atoms with Crippen LogP contribution in [-0.2, 0) is 16.1 Å². The van der Waals surface area contributed by atoms with E-state index in [0.29, 0.717) is 38.1 Å². The van der Waals surface area contributed by atoms with Gasteiger partial charge in [-0.1, -0.05) is 18.2 Å². The Morgan fingerprint density at radius 1 is 1.05 bits per heavy atom. The zero-order valence-corrected chi connectivity index (χ0v) is 22.9. The fourth-order valence-electron chi connectivity index (χ4n) is 5.32. The molecular weight excluding hydrogens is 496 g/mol. The monoisotopic (exact) mass is 534 g/mol. The number of ether oxygens (including phenoxy) is 4. The van der Waals surface area contributed by atoms with E-state index in [1.807, 2.05) is 50.2 Å². The van der Waals surface area contributed by atoms with E-state index in [1.165, 1.54) is 0 Å². The van der Waals surface area contributed by atoms with Gasteiger partial charge in [-0.25, -0.2) is 9.97 Å². The molecule has 9 heteroatoms. The first-order chi connectivity index (χ1) is 19.0. The van der Waals surface area contributed by atoms with E-state index in [2.05, 4.69) is 32.3 Å².